The molecular formula is C12H16ClF. The van der Waals surface area contributed by atoms with Crippen molar-refractivity contribution in [3.8, 4) is 0 Å². The summed E-state index contributed by atoms with van der Waals surface area (Å²) in [7, 11) is 0. The predicted molar refractivity (Wildman–Crippen MR) is 59.8 cm³/mol. The Kier molecular flexibility index (Phi) is 4.40. The molecule has 0 N–H and O–H groups in total. The van der Waals surface area contributed by atoms with Crippen molar-refractivity contribution in [3.05, 3.63) is 34.3 Å². The zero-order chi connectivity index (χ0) is 10.6. The zero-order valence-corrected chi connectivity index (χ0v) is 9.44. The first-order chi connectivity index (χ1) is 6.69. The maximum Gasteiger partial charge on any atom is 0.0960 e. The van der Waals surface area contributed by atoms with Crippen LogP contribution in [0.1, 0.15) is 37.3 Å². The number of rotatable bonds is 4. The van der Waals surface area contributed by atoms with Crippen molar-refractivity contribution in [2.45, 2.75) is 32.6 Å². The minimum absolute atomic E-state index is 0.0526. The van der Waals surface area contributed by atoms with Gasteiger partial charge in [-0.05, 0) is 23.6 Å². The molecular weight excluding hydrogens is 199 g/mol. The highest BCUT2D eigenvalue weighted by atomic mass is 35.5. The Balaban J connectivity index is 2.88. The Bertz CT molecular complexity index is 296. The summed E-state index contributed by atoms with van der Waals surface area (Å²) in [4.78, 5) is 0. The normalized spacial score (nSPS) is 12.9. The molecule has 0 aliphatic heterocycles. The molecule has 1 atom stereocenters. The number of hydrogen-bond donors (Lipinski definition) is 0. The standard InChI is InChI=1S/C12H16ClF/c1-3-4-10-5-6-11(7-12(10)13)9(2)8-14/h5-7,9H,3-4,8H2,1-2H3. The van der Waals surface area contributed by atoms with Gasteiger partial charge in [0.2, 0.25) is 0 Å². The average Bonchev–Trinajstić information content (AvgIpc) is 2.20. The molecule has 0 bridgehead atoms. The van der Waals surface area contributed by atoms with E-state index in [1.807, 2.05) is 25.1 Å². The molecule has 0 aromatic heterocycles. The van der Waals surface area contributed by atoms with Gasteiger partial charge < -0.3 is 0 Å². The number of alkyl halides is 1. The molecule has 0 heterocycles. The van der Waals surface area contributed by atoms with Crippen LogP contribution in [0.2, 0.25) is 5.02 Å². The summed E-state index contributed by atoms with van der Waals surface area (Å²) in [5.74, 6) is -0.0526. The highest BCUT2D eigenvalue weighted by Crippen LogP contribution is 2.24. The third-order valence-corrected chi connectivity index (χ3v) is 2.75. The van der Waals surface area contributed by atoms with E-state index in [2.05, 4.69) is 6.92 Å². The van der Waals surface area contributed by atoms with E-state index >= 15 is 0 Å². The molecule has 14 heavy (non-hydrogen) atoms. The summed E-state index contributed by atoms with van der Waals surface area (Å²) in [6.45, 7) is 3.66. The largest absolute Gasteiger partial charge is 0.250 e. The van der Waals surface area contributed by atoms with Crippen LogP contribution in [0.5, 0.6) is 0 Å². The van der Waals surface area contributed by atoms with Crippen LogP contribution in [0, 0.1) is 0 Å². The molecule has 0 saturated heterocycles. The van der Waals surface area contributed by atoms with Gasteiger partial charge in [-0.15, -0.1) is 0 Å². The van der Waals surface area contributed by atoms with E-state index < -0.39 is 0 Å². The Hall–Kier alpha value is -0.560. The lowest BCUT2D eigenvalue weighted by Gasteiger charge is -2.09. The third kappa shape index (κ3) is 2.71. The topological polar surface area (TPSA) is 0 Å². The summed E-state index contributed by atoms with van der Waals surface area (Å²) >= 11 is 6.09. The zero-order valence-electron chi connectivity index (χ0n) is 8.69. The van der Waals surface area contributed by atoms with Gasteiger partial charge in [0, 0.05) is 10.9 Å². The minimum Gasteiger partial charge on any atom is -0.250 e. The van der Waals surface area contributed by atoms with Crippen LogP contribution in [0.4, 0.5) is 4.39 Å². The van der Waals surface area contributed by atoms with E-state index in [4.69, 9.17) is 11.6 Å². The first kappa shape index (κ1) is 11.5. The summed E-state index contributed by atoms with van der Waals surface area (Å²) in [5, 5.41) is 0.768. The van der Waals surface area contributed by atoms with Crippen molar-refractivity contribution in [3.63, 3.8) is 0 Å². The maximum atomic E-state index is 12.4. The molecule has 0 saturated carbocycles. The highest BCUT2D eigenvalue weighted by molar-refractivity contribution is 6.31. The van der Waals surface area contributed by atoms with Gasteiger partial charge in [0.15, 0.2) is 0 Å². The van der Waals surface area contributed by atoms with E-state index in [1.165, 1.54) is 0 Å². The fourth-order valence-electron chi connectivity index (χ4n) is 1.43. The van der Waals surface area contributed by atoms with E-state index in [0.29, 0.717) is 0 Å². The van der Waals surface area contributed by atoms with Gasteiger partial charge in [-0.1, -0.05) is 44.0 Å². The van der Waals surface area contributed by atoms with Gasteiger partial charge in [-0.2, -0.15) is 0 Å². The first-order valence-corrected chi connectivity index (χ1v) is 5.41. The summed E-state index contributed by atoms with van der Waals surface area (Å²) in [5.41, 5.74) is 2.14. The van der Waals surface area contributed by atoms with Crippen molar-refractivity contribution in [2.24, 2.45) is 0 Å². The van der Waals surface area contributed by atoms with Gasteiger partial charge in [0.25, 0.3) is 0 Å². The molecule has 1 aromatic carbocycles. The van der Waals surface area contributed by atoms with Gasteiger partial charge in [0.1, 0.15) is 0 Å². The Labute approximate surface area is 90.1 Å². The Morgan fingerprint density at radius 3 is 2.64 bits per heavy atom. The number of aryl methyl sites for hydroxylation is 1. The SMILES string of the molecule is CCCc1ccc(C(C)CF)cc1Cl. The van der Waals surface area contributed by atoms with Crippen molar-refractivity contribution in [2.75, 3.05) is 6.67 Å². The van der Waals surface area contributed by atoms with E-state index in [0.717, 1.165) is 29.0 Å². The second-order valence-corrected chi connectivity index (χ2v) is 4.06. The van der Waals surface area contributed by atoms with Crippen LogP contribution in [-0.4, -0.2) is 6.67 Å². The molecule has 2 heteroatoms. The molecule has 1 aromatic rings. The monoisotopic (exact) mass is 214 g/mol. The molecule has 0 radical (unpaired) electrons. The van der Waals surface area contributed by atoms with E-state index in [1.54, 1.807) is 0 Å². The number of halogens is 2. The van der Waals surface area contributed by atoms with Crippen molar-refractivity contribution in [1.82, 2.24) is 0 Å². The van der Waals surface area contributed by atoms with E-state index in [9.17, 15) is 4.39 Å². The van der Waals surface area contributed by atoms with Crippen molar-refractivity contribution in [1.29, 1.82) is 0 Å². The summed E-state index contributed by atoms with van der Waals surface area (Å²) in [6, 6.07) is 5.87. The number of benzene rings is 1. The van der Waals surface area contributed by atoms with Crippen LogP contribution in [-0.2, 0) is 6.42 Å². The fraction of sp³-hybridized carbons (Fsp3) is 0.500. The second kappa shape index (κ2) is 5.35. The molecule has 0 fully saturated rings. The molecule has 1 rings (SSSR count). The lowest BCUT2D eigenvalue weighted by molar-refractivity contribution is 0.447. The van der Waals surface area contributed by atoms with E-state index in [-0.39, 0.29) is 12.6 Å². The fourth-order valence-corrected chi connectivity index (χ4v) is 1.71. The minimum atomic E-state index is -0.330. The molecule has 1 unspecified atom stereocenters. The van der Waals surface area contributed by atoms with Gasteiger partial charge in [0.05, 0.1) is 6.67 Å². The molecule has 0 amide bonds. The quantitative estimate of drug-likeness (QED) is 0.699. The first-order valence-electron chi connectivity index (χ1n) is 5.03. The lowest BCUT2D eigenvalue weighted by Crippen LogP contribution is -1.96. The van der Waals surface area contributed by atoms with Crippen LogP contribution in [0.25, 0.3) is 0 Å². The summed E-state index contributed by atoms with van der Waals surface area (Å²) < 4.78 is 12.4. The molecule has 0 aliphatic carbocycles. The van der Waals surface area contributed by atoms with Gasteiger partial charge in [-0.3, -0.25) is 4.39 Å². The van der Waals surface area contributed by atoms with Crippen molar-refractivity contribution >= 4 is 11.6 Å². The second-order valence-electron chi connectivity index (χ2n) is 3.66. The van der Waals surface area contributed by atoms with Crippen LogP contribution < -0.4 is 0 Å². The van der Waals surface area contributed by atoms with Gasteiger partial charge >= 0.3 is 0 Å². The number of hydrogen-bond acceptors (Lipinski definition) is 0. The van der Waals surface area contributed by atoms with Crippen molar-refractivity contribution < 1.29 is 4.39 Å². The molecule has 0 spiro atoms. The third-order valence-electron chi connectivity index (χ3n) is 2.40. The average molecular weight is 215 g/mol. The predicted octanol–water partition coefficient (Wildman–Crippen LogP) is 4.37. The van der Waals surface area contributed by atoms with Gasteiger partial charge in [-0.25, -0.2) is 0 Å². The van der Waals surface area contributed by atoms with Crippen LogP contribution >= 0.6 is 11.6 Å². The van der Waals surface area contributed by atoms with Crippen LogP contribution in [0.15, 0.2) is 18.2 Å². The maximum absolute atomic E-state index is 12.4. The Morgan fingerprint density at radius 2 is 2.14 bits per heavy atom. The summed E-state index contributed by atoms with van der Waals surface area (Å²) in [6.07, 6.45) is 2.07. The highest BCUT2D eigenvalue weighted by Gasteiger charge is 2.07. The molecule has 0 nitrogen and oxygen atoms in total. The molecule has 78 valence electrons. The smallest absolute Gasteiger partial charge is 0.0960 e. The lowest BCUT2D eigenvalue weighted by atomic mass is 10.00. The Morgan fingerprint density at radius 1 is 1.43 bits per heavy atom. The van der Waals surface area contributed by atoms with Crippen LogP contribution in [0.3, 0.4) is 0 Å². The molecule has 0 aliphatic rings.